The Morgan fingerprint density at radius 1 is 1.10 bits per heavy atom. The number of nitrogens with zero attached hydrogens (tertiary/aromatic N) is 1. The fourth-order valence-electron chi connectivity index (χ4n) is 1.90. The van der Waals surface area contributed by atoms with E-state index in [2.05, 4.69) is 37.2 Å². The number of benzene rings is 2. The minimum Gasteiger partial charge on any atom is -0.336 e. The highest BCUT2D eigenvalue weighted by Crippen LogP contribution is 2.16. The van der Waals surface area contributed by atoms with E-state index < -0.39 is 0 Å². The Balaban J connectivity index is 1.89. The Hall–Kier alpha value is -1.94. The molecule has 1 atom stereocenters. The van der Waals surface area contributed by atoms with Crippen molar-refractivity contribution in [1.82, 2.24) is 5.32 Å². The molecule has 0 aliphatic heterocycles. The fraction of sp³-hybridized carbons (Fsp3) is 0.188. The number of nitrogens with one attached hydrogen (secondary N) is 1. The number of anilines is 1. The Morgan fingerprint density at radius 3 is 2.25 bits per heavy atom. The molecule has 0 aliphatic carbocycles. The van der Waals surface area contributed by atoms with Gasteiger partial charge in [0.25, 0.3) is 0 Å². The van der Waals surface area contributed by atoms with Gasteiger partial charge in [-0.25, -0.2) is 9.10 Å². The van der Waals surface area contributed by atoms with Crippen molar-refractivity contribution in [3.8, 4) is 0 Å². The summed E-state index contributed by atoms with van der Waals surface area (Å²) in [6.45, 7) is 2.66. The molecule has 0 saturated carbocycles. The molecule has 0 aliphatic rings. The molecule has 4 heteroatoms. The summed E-state index contributed by atoms with van der Waals surface area (Å²) >= 11 is 4.23. The summed E-state index contributed by atoms with van der Waals surface area (Å²) in [6, 6.07) is 19.2. The zero-order valence-electron chi connectivity index (χ0n) is 11.4. The van der Waals surface area contributed by atoms with Gasteiger partial charge in [-0.1, -0.05) is 68.3 Å². The number of carbonyl (C=O) groups excluding carboxylic acids is 1. The van der Waals surface area contributed by atoms with Gasteiger partial charge < -0.3 is 5.32 Å². The van der Waals surface area contributed by atoms with Crippen LogP contribution in [0.25, 0.3) is 0 Å². The molecule has 1 unspecified atom stereocenters. The molecule has 1 N–H and O–H groups in total. The van der Waals surface area contributed by atoms with E-state index in [1.54, 1.807) is 0 Å². The average Bonchev–Trinajstić information content (AvgIpc) is 2.53. The van der Waals surface area contributed by atoms with Crippen molar-refractivity contribution >= 4 is 24.5 Å². The van der Waals surface area contributed by atoms with Crippen molar-refractivity contribution in [2.45, 2.75) is 12.8 Å². The monoisotopic (exact) mass is 286 g/mol. The van der Waals surface area contributed by atoms with Crippen LogP contribution >= 0.6 is 12.8 Å². The van der Waals surface area contributed by atoms with Crippen LogP contribution in [-0.4, -0.2) is 12.6 Å². The molecule has 3 nitrogen and oxygen atoms in total. The van der Waals surface area contributed by atoms with E-state index >= 15 is 0 Å². The lowest BCUT2D eigenvalue weighted by molar-refractivity contribution is 0.249. The molecule has 2 amide bonds. The van der Waals surface area contributed by atoms with Gasteiger partial charge in [0.15, 0.2) is 0 Å². The molecule has 0 bridgehead atoms. The van der Waals surface area contributed by atoms with Crippen LogP contribution in [0.15, 0.2) is 60.7 Å². The number of hydrogen-bond acceptors (Lipinski definition) is 2. The number of hydrogen-bond donors (Lipinski definition) is 2. The molecule has 0 saturated heterocycles. The second-order valence-electron chi connectivity index (χ2n) is 4.65. The molecular weight excluding hydrogens is 268 g/mol. The van der Waals surface area contributed by atoms with Gasteiger partial charge in [0.1, 0.15) is 0 Å². The van der Waals surface area contributed by atoms with Crippen LogP contribution in [0.4, 0.5) is 10.5 Å². The molecule has 0 heterocycles. The number of carbonyl (C=O) groups is 1. The van der Waals surface area contributed by atoms with Crippen LogP contribution < -0.4 is 9.62 Å². The predicted octanol–water partition coefficient (Wildman–Crippen LogP) is 3.85. The van der Waals surface area contributed by atoms with Gasteiger partial charge in [-0.2, -0.15) is 0 Å². The first-order chi connectivity index (χ1) is 9.68. The van der Waals surface area contributed by atoms with Gasteiger partial charge in [-0.15, -0.1) is 0 Å². The maximum atomic E-state index is 12.0. The summed E-state index contributed by atoms with van der Waals surface area (Å²) in [5, 5.41) is 2.89. The van der Waals surface area contributed by atoms with Gasteiger partial charge in [0.05, 0.1) is 5.69 Å². The molecule has 0 fully saturated rings. The van der Waals surface area contributed by atoms with Crippen LogP contribution in [0.1, 0.15) is 18.4 Å². The molecule has 2 aromatic rings. The zero-order chi connectivity index (χ0) is 14.4. The largest absolute Gasteiger partial charge is 0.336 e. The number of thiol groups is 1. The van der Waals surface area contributed by atoms with E-state index in [4.69, 9.17) is 0 Å². The topological polar surface area (TPSA) is 32.3 Å². The van der Waals surface area contributed by atoms with E-state index in [1.807, 2.05) is 48.5 Å². The third kappa shape index (κ3) is 3.78. The van der Waals surface area contributed by atoms with Gasteiger partial charge in [0, 0.05) is 6.54 Å². The second kappa shape index (κ2) is 7.01. The van der Waals surface area contributed by atoms with Crippen LogP contribution in [0.3, 0.4) is 0 Å². The standard InChI is InChI=1S/C16H18N2OS/c1-13(14-8-4-2-5-9-14)12-17-16(19)18(20)15-10-6-3-7-11-15/h2-11,13,20H,12H2,1H3,(H,17,19). The smallest absolute Gasteiger partial charge is 0.331 e. The molecule has 104 valence electrons. The summed E-state index contributed by atoms with van der Waals surface area (Å²) in [7, 11) is 0. The fourth-order valence-corrected chi connectivity index (χ4v) is 2.11. The van der Waals surface area contributed by atoms with Crippen LogP contribution in [0.5, 0.6) is 0 Å². The summed E-state index contributed by atoms with van der Waals surface area (Å²) in [5.74, 6) is 0.262. The molecular formula is C16H18N2OS. The van der Waals surface area contributed by atoms with E-state index in [0.29, 0.717) is 6.54 Å². The molecule has 0 spiro atoms. The average molecular weight is 286 g/mol. The van der Waals surface area contributed by atoms with Crippen molar-refractivity contribution in [3.05, 3.63) is 66.2 Å². The number of rotatable bonds is 4. The lowest BCUT2D eigenvalue weighted by Gasteiger charge is -2.18. The van der Waals surface area contributed by atoms with Crippen LogP contribution in [-0.2, 0) is 0 Å². The van der Waals surface area contributed by atoms with Gasteiger partial charge >= 0.3 is 6.03 Å². The summed E-state index contributed by atoms with van der Waals surface area (Å²) < 4.78 is 1.32. The quantitative estimate of drug-likeness (QED) is 0.822. The number of amides is 2. The highest BCUT2D eigenvalue weighted by molar-refractivity contribution is 7.82. The maximum Gasteiger partial charge on any atom is 0.331 e. The maximum absolute atomic E-state index is 12.0. The van der Waals surface area contributed by atoms with Crippen LogP contribution in [0, 0.1) is 0 Å². The highest BCUT2D eigenvalue weighted by atomic mass is 32.1. The Bertz CT molecular complexity index is 545. The van der Waals surface area contributed by atoms with Gasteiger partial charge in [-0.3, -0.25) is 0 Å². The first kappa shape index (κ1) is 14.5. The van der Waals surface area contributed by atoms with Crippen LogP contribution in [0.2, 0.25) is 0 Å². The second-order valence-corrected chi connectivity index (χ2v) is 5.05. The van der Waals surface area contributed by atoms with E-state index in [1.165, 1.54) is 9.87 Å². The molecule has 0 radical (unpaired) electrons. The third-order valence-corrected chi connectivity index (χ3v) is 3.53. The molecule has 20 heavy (non-hydrogen) atoms. The van der Waals surface area contributed by atoms with Crippen molar-refractivity contribution in [3.63, 3.8) is 0 Å². The van der Waals surface area contributed by atoms with Crippen molar-refractivity contribution in [2.24, 2.45) is 0 Å². The molecule has 0 aromatic heterocycles. The number of para-hydroxylation sites is 1. The minimum atomic E-state index is -0.220. The van der Waals surface area contributed by atoms with Crippen molar-refractivity contribution in [2.75, 3.05) is 10.8 Å². The molecule has 2 aromatic carbocycles. The van der Waals surface area contributed by atoms with Crippen molar-refractivity contribution < 1.29 is 4.79 Å². The lowest BCUT2D eigenvalue weighted by atomic mass is 10.0. The third-order valence-electron chi connectivity index (χ3n) is 3.12. The first-order valence-corrected chi connectivity index (χ1v) is 6.95. The lowest BCUT2D eigenvalue weighted by Crippen LogP contribution is -2.36. The Morgan fingerprint density at radius 2 is 1.65 bits per heavy atom. The zero-order valence-corrected chi connectivity index (χ0v) is 12.3. The predicted molar refractivity (Wildman–Crippen MR) is 86.2 cm³/mol. The Kier molecular flexibility index (Phi) is 5.07. The summed E-state index contributed by atoms with van der Waals surface area (Å²) in [5.41, 5.74) is 1.96. The number of urea groups is 1. The van der Waals surface area contributed by atoms with Crippen molar-refractivity contribution in [1.29, 1.82) is 0 Å². The van der Waals surface area contributed by atoms with Gasteiger partial charge in [0.2, 0.25) is 0 Å². The SMILES string of the molecule is CC(CNC(=O)N(S)c1ccccc1)c1ccccc1. The Labute approximate surface area is 125 Å². The highest BCUT2D eigenvalue weighted by Gasteiger charge is 2.13. The minimum absolute atomic E-state index is 0.220. The summed E-state index contributed by atoms with van der Waals surface area (Å²) in [4.78, 5) is 12.0. The summed E-state index contributed by atoms with van der Waals surface area (Å²) in [6.07, 6.45) is 0. The van der Waals surface area contributed by atoms with Gasteiger partial charge in [-0.05, 0) is 23.6 Å². The van der Waals surface area contributed by atoms with E-state index in [9.17, 15) is 4.79 Å². The normalized spacial score (nSPS) is 11.7. The molecule has 2 rings (SSSR count). The first-order valence-electron chi connectivity index (χ1n) is 6.55. The van der Waals surface area contributed by atoms with E-state index in [-0.39, 0.29) is 11.9 Å². The van der Waals surface area contributed by atoms with E-state index in [0.717, 1.165) is 5.69 Å².